The van der Waals surface area contributed by atoms with Crippen LogP contribution in [0.5, 0.6) is 0 Å². The number of thiophene rings is 1. The number of aliphatic carboxylic acids is 1. The Morgan fingerprint density at radius 1 is 1.26 bits per heavy atom. The first-order valence-corrected chi connectivity index (χ1v) is 10.8. The number of hydrogen-bond acceptors (Lipinski definition) is 5. The van der Waals surface area contributed by atoms with Gasteiger partial charge in [-0.25, -0.2) is 4.98 Å². The third-order valence-corrected chi connectivity index (χ3v) is 6.92. The second-order valence-electron chi connectivity index (χ2n) is 6.75. The summed E-state index contributed by atoms with van der Waals surface area (Å²) in [5.41, 5.74) is 3.02. The van der Waals surface area contributed by atoms with Crippen LogP contribution in [0, 0.1) is 6.92 Å². The van der Waals surface area contributed by atoms with Crippen molar-refractivity contribution in [1.29, 1.82) is 0 Å². The van der Waals surface area contributed by atoms with E-state index < -0.39 is 5.97 Å². The van der Waals surface area contributed by atoms with Crippen molar-refractivity contribution < 1.29 is 9.90 Å². The summed E-state index contributed by atoms with van der Waals surface area (Å²) in [4.78, 5) is 31.2. The fraction of sp³-hybridized carbons (Fsp3) is 0.350. The van der Waals surface area contributed by atoms with E-state index >= 15 is 0 Å². The molecule has 0 unspecified atom stereocenters. The number of carbonyl (C=O) groups is 1. The average Bonchev–Trinajstić information content (AvgIpc) is 3.01. The Morgan fingerprint density at radius 3 is 2.74 bits per heavy atom. The molecule has 1 aromatic carbocycles. The zero-order chi connectivity index (χ0) is 19.0. The Balaban J connectivity index is 1.90. The molecule has 0 atom stereocenters. The Kier molecular flexibility index (Phi) is 5.06. The number of carboxylic acids is 1. The highest BCUT2D eigenvalue weighted by atomic mass is 32.2. The molecular weight excluding hydrogens is 380 g/mol. The first kappa shape index (κ1) is 18.3. The van der Waals surface area contributed by atoms with Gasteiger partial charge in [0.15, 0.2) is 5.16 Å². The van der Waals surface area contributed by atoms with Crippen molar-refractivity contribution in [1.82, 2.24) is 9.55 Å². The third kappa shape index (κ3) is 3.53. The fourth-order valence-corrected chi connectivity index (χ4v) is 5.68. The van der Waals surface area contributed by atoms with Gasteiger partial charge in [0.25, 0.3) is 5.56 Å². The van der Waals surface area contributed by atoms with Gasteiger partial charge in [-0.3, -0.25) is 14.2 Å². The van der Waals surface area contributed by atoms with Gasteiger partial charge in [0.1, 0.15) is 4.83 Å². The van der Waals surface area contributed by atoms with Crippen LogP contribution < -0.4 is 5.56 Å². The number of benzene rings is 1. The zero-order valence-corrected chi connectivity index (χ0v) is 16.7. The Hall–Kier alpha value is -2.12. The molecule has 5 nitrogen and oxygen atoms in total. The number of rotatable bonds is 5. The van der Waals surface area contributed by atoms with Crippen LogP contribution in [0.4, 0.5) is 0 Å². The summed E-state index contributed by atoms with van der Waals surface area (Å²) in [7, 11) is 0. The lowest BCUT2D eigenvalue weighted by atomic mass is 9.97. The van der Waals surface area contributed by atoms with Gasteiger partial charge < -0.3 is 5.11 Å². The standard InChI is InChI=1S/C20H20N2O3S2/c1-12-6-8-13(9-7-12)22-19(25)17-14-4-2-3-5-15(14)27-18(17)21-20(22)26-11-10-16(23)24/h6-9H,2-5,10-11H2,1H3,(H,23,24). The lowest BCUT2D eigenvalue weighted by Crippen LogP contribution is -2.22. The molecule has 0 bridgehead atoms. The molecule has 140 valence electrons. The van der Waals surface area contributed by atoms with Crippen LogP contribution in [0.3, 0.4) is 0 Å². The fourth-order valence-electron chi connectivity index (χ4n) is 3.43. The minimum atomic E-state index is -0.848. The molecule has 7 heteroatoms. The van der Waals surface area contributed by atoms with E-state index in [4.69, 9.17) is 10.1 Å². The predicted molar refractivity (Wildman–Crippen MR) is 110 cm³/mol. The molecule has 2 heterocycles. The maximum atomic E-state index is 13.5. The number of aryl methyl sites for hydroxylation is 3. The number of carboxylic acid groups (broad SMARTS) is 1. The van der Waals surface area contributed by atoms with E-state index in [0.717, 1.165) is 47.2 Å². The normalized spacial score (nSPS) is 13.7. The molecule has 1 aliphatic rings. The quantitative estimate of drug-likeness (QED) is 0.513. The van der Waals surface area contributed by atoms with Gasteiger partial charge in [0.2, 0.25) is 0 Å². The lowest BCUT2D eigenvalue weighted by molar-refractivity contribution is -0.136. The molecule has 2 aromatic heterocycles. The summed E-state index contributed by atoms with van der Waals surface area (Å²) in [5, 5.41) is 10.3. The van der Waals surface area contributed by atoms with E-state index in [1.165, 1.54) is 22.2 Å². The van der Waals surface area contributed by atoms with Gasteiger partial charge in [-0.2, -0.15) is 0 Å². The van der Waals surface area contributed by atoms with E-state index in [9.17, 15) is 9.59 Å². The maximum absolute atomic E-state index is 13.5. The lowest BCUT2D eigenvalue weighted by Gasteiger charge is -2.13. The van der Waals surface area contributed by atoms with E-state index in [0.29, 0.717) is 10.9 Å². The maximum Gasteiger partial charge on any atom is 0.304 e. The minimum Gasteiger partial charge on any atom is -0.481 e. The van der Waals surface area contributed by atoms with Crippen LogP contribution >= 0.6 is 23.1 Å². The summed E-state index contributed by atoms with van der Waals surface area (Å²) in [5.74, 6) is -0.469. The second-order valence-corrected chi connectivity index (χ2v) is 8.90. The summed E-state index contributed by atoms with van der Waals surface area (Å²) in [6.07, 6.45) is 4.25. The van der Waals surface area contributed by atoms with E-state index in [2.05, 4.69) is 0 Å². The molecule has 1 aliphatic carbocycles. The molecule has 27 heavy (non-hydrogen) atoms. The van der Waals surface area contributed by atoms with Crippen molar-refractivity contribution in [2.24, 2.45) is 0 Å². The summed E-state index contributed by atoms with van der Waals surface area (Å²) < 4.78 is 1.65. The molecule has 0 radical (unpaired) electrons. The minimum absolute atomic E-state index is 0.0351. The van der Waals surface area contributed by atoms with Gasteiger partial charge in [-0.05, 0) is 50.3 Å². The van der Waals surface area contributed by atoms with Gasteiger partial charge in [0, 0.05) is 10.6 Å². The summed E-state index contributed by atoms with van der Waals surface area (Å²) in [6.45, 7) is 2.01. The van der Waals surface area contributed by atoms with Crippen molar-refractivity contribution >= 4 is 39.3 Å². The number of hydrogen-bond donors (Lipinski definition) is 1. The number of fused-ring (bicyclic) bond motifs is 3. The summed E-state index contributed by atoms with van der Waals surface area (Å²) >= 11 is 2.95. The van der Waals surface area contributed by atoms with Crippen molar-refractivity contribution in [2.75, 3.05) is 5.75 Å². The first-order valence-electron chi connectivity index (χ1n) is 9.03. The molecule has 0 aliphatic heterocycles. The van der Waals surface area contributed by atoms with Crippen molar-refractivity contribution in [3.8, 4) is 5.69 Å². The van der Waals surface area contributed by atoms with Gasteiger partial charge >= 0.3 is 5.97 Å². The van der Waals surface area contributed by atoms with Crippen molar-refractivity contribution in [2.45, 2.75) is 44.2 Å². The average molecular weight is 401 g/mol. The van der Waals surface area contributed by atoms with Crippen LogP contribution in [-0.2, 0) is 17.6 Å². The van der Waals surface area contributed by atoms with Crippen LogP contribution in [0.15, 0.2) is 34.2 Å². The van der Waals surface area contributed by atoms with Crippen LogP contribution in [0.1, 0.15) is 35.3 Å². The molecular formula is C20H20N2O3S2. The zero-order valence-electron chi connectivity index (χ0n) is 15.0. The molecule has 4 rings (SSSR count). The highest BCUT2D eigenvalue weighted by Crippen LogP contribution is 2.35. The summed E-state index contributed by atoms with van der Waals surface area (Å²) in [6, 6.07) is 7.79. The SMILES string of the molecule is Cc1ccc(-n2c(SCCC(=O)O)nc3sc4c(c3c2=O)CCCC4)cc1. The van der Waals surface area contributed by atoms with Gasteiger partial charge in [0.05, 0.1) is 17.5 Å². The smallest absolute Gasteiger partial charge is 0.304 e. The van der Waals surface area contributed by atoms with Crippen LogP contribution in [0.25, 0.3) is 15.9 Å². The Morgan fingerprint density at radius 2 is 2.00 bits per heavy atom. The molecule has 0 fully saturated rings. The van der Waals surface area contributed by atoms with Crippen molar-refractivity contribution in [3.05, 3.63) is 50.6 Å². The number of nitrogens with zero attached hydrogens (tertiary/aromatic N) is 2. The Bertz CT molecular complexity index is 1070. The molecule has 0 saturated heterocycles. The van der Waals surface area contributed by atoms with Crippen LogP contribution in [-0.4, -0.2) is 26.4 Å². The van der Waals surface area contributed by atoms with E-state index in [1.54, 1.807) is 15.9 Å². The molecule has 1 N–H and O–H groups in total. The highest BCUT2D eigenvalue weighted by Gasteiger charge is 2.22. The predicted octanol–water partition coefficient (Wildman–Crippen LogP) is 4.20. The molecule has 0 amide bonds. The van der Waals surface area contributed by atoms with E-state index in [1.807, 2.05) is 31.2 Å². The van der Waals surface area contributed by atoms with E-state index in [-0.39, 0.29) is 12.0 Å². The first-order chi connectivity index (χ1) is 13.0. The molecule has 0 saturated carbocycles. The molecule has 0 spiro atoms. The largest absolute Gasteiger partial charge is 0.481 e. The van der Waals surface area contributed by atoms with Gasteiger partial charge in [-0.1, -0.05) is 29.5 Å². The van der Waals surface area contributed by atoms with Crippen molar-refractivity contribution in [3.63, 3.8) is 0 Å². The monoisotopic (exact) mass is 400 g/mol. The number of aromatic nitrogens is 2. The number of thioether (sulfide) groups is 1. The molecule has 3 aromatic rings. The van der Waals surface area contributed by atoms with Crippen LogP contribution in [0.2, 0.25) is 0 Å². The van der Waals surface area contributed by atoms with Gasteiger partial charge in [-0.15, -0.1) is 11.3 Å². The third-order valence-electron chi connectivity index (χ3n) is 4.80. The second kappa shape index (κ2) is 7.48. The highest BCUT2D eigenvalue weighted by molar-refractivity contribution is 7.99. The Labute approximate surface area is 165 Å². The topological polar surface area (TPSA) is 72.2 Å².